The Morgan fingerprint density at radius 2 is 2.29 bits per heavy atom. The molecule has 0 saturated carbocycles. The first-order valence-electron chi connectivity index (χ1n) is 4.19. The molecule has 4 heteroatoms. The fourth-order valence-electron chi connectivity index (χ4n) is 1.17. The summed E-state index contributed by atoms with van der Waals surface area (Å²) in [6.07, 6.45) is 0.634. The topological polar surface area (TPSA) is 38.3 Å². The van der Waals surface area contributed by atoms with Crippen LogP contribution in [0, 0.1) is 12.7 Å². The maximum atomic E-state index is 13.1. The number of nitrogens with one attached hydrogen (secondary N) is 1. The summed E-state index contributed by atoms with van der Waals surface area (Å²) in [5, 5.41) is 0. The summed E-state index contributed by atoms with van der Waals surface area (Å²) in [4.78, 5) is 15.3. The molecule has 0 aliphatic rings. The van der Waals surface area contributed by atoms with Gasteiger partial charge >= 0.3 is 0 Å². The van der Waals surface area contributed by atoms with E-state index < -0.39 is 0 Å². The van der Waals surface area contributed by atoms with E-state index in [4.69, 9.17) is 0 Å². The zero-order valence-corrected chi connectivity index (χ0v) is 8.13. The smallest absolute Gasteiger partial charge is 0.150 e. The number of rotatable bonds is 4. The van der Waals surface area contributed by atoms with Gasteiger partial charge in [0.25, 0.3) is 0 Å². The molecule has 0 radical (unpaired) electrons. The molecular weight excluding hydrogens is 185 g/mol. The van der Waals surface area contributed by atoms with Crippen molar-refractivity contribution in [3.63, 3.8) is 0 Å². The van der Waals surface area contributed by atoms with E-state index in [2.05, 4.69) is 10.3 Å². The Balaban J connectivity index is 3.00. The standard InChI is InChI=1S/C10H12FNO2/c1-7-3-8(5-12-14-2)9(6-13)4-10(7)11/h3-4,6,12H,5H2,1-2H3. The molecule has 14 heavy (non-hydrogen) atoms. The first kappa shape index (κ1) is 10.8. The van der Waals surface area contributed by atoms with E-state index in [9.17, 15) is 9.18 Å². The van der Waals surface area contributed by atoms with Gasteiger partial charge in [-0.15, -0.1) is 0 Å². The van der Waals surface area contributed by atoms with Crippen molar-refractivity contribution in [3.8, 4) is 0 Å². The number of hydroxylamine groups is 1. The number of aldehydes is 1. The van der Waals surface area contributed by atoms with Crippen LogP contribution >= 0.6 is 0 Å². The van der Waals surface area contributed by atoms with Crippen LogP contribution in [0.4, 0.5) is 4.39 Å². The molecule has 0 spiro atoms. The van der Waals surface area contributed by atoms with Crippen molar-refractivity contribution in [3.05, 3.63) is 34.6 Å². The Morgan fingerprint density at radius 3 is 2.86 bits per heavy atom. The molecule has 0 amide bonds. The van der Waals surface area contributed by atoms with E-state index >= 15 is 0 Å². The largest absolute Gasteiger partial charge is 0.305 e. The van der Waals surface area contributed by atoms with Crippen molar-refractivity contribution < 1.29 is 14.0 Å². The fraction of sp³-hybridized carbons (Fsp3) is 0.300. The van der Waals surface area contributed by atoms with E-state index in [-0.39, 0.29) is 5.82 Å². The van der Waals surface area contributed by atoms with Crippen molar-refractivity contribution in [2.75, 3.05) is 7.11 Å². The maximum Gasteiger partial charge on any atom is 0.150 e. The molecule has 0 saturated heterocycles. The average Bonchev–Trinajstić information content (AvgIpc) is 2.19. The lowest BCUT2D eigenvalue weighted by Crippen LogP contribution is -2.12. The molecule has 0 fully saturated rings. The van der Waals surface area contributed by atoms with E-state index in [1.54, 1.807) is 13.0 Å². The van der Waals surface area contributed by atoms with Crippen molar-refractivity contribution in [1.29, 1.82) is 0 Å². The maximum absolute atomic E-state index is 13.1. The highest BCUT2D eigenvalue weighted by atomic mass is 19.1. The van der Waals surface area contributed by atoms with Gasteiger partial charge in [0, 0.05) is 12.1 Å². The molecule has 76 valence electrons. The van der Waals surface area contributed by atoms with Crippen LogP contribution in [0.2, 0.25) is 0 Å². The van der Waals surface area contributed by atoms with Gasteiger partial charge < -0.3 is 4.84 Å². The summed E-state index contributed by atoms with van der Waals surface area (Å²) in [5.74, 6) is -0.367. The second-order valence-electron chi connectivity index (χ2n) is 2.94. The van der Waals surface area contributed by atoms with Crippen LogP contribution in [0.15, 0.2) is 12.1 Å². The van der Waals surface area contributed by atoms with Crippen LogP contribution in [0.5, 0.6) is 0 Å². The van der Waals surface area contributed by atoms with Crippen LogP contribution in [0.1, 0.15) is 21.5 Å². The quantitative estimate of drug-likeness (QED) is 0.588. The molecule has 0 aliphatic heterocycles. The summed E-state index contributed by atoms with van der Waals surface area (Å²) < 4.78 is 13.1. The van der Waals surface area contributed by atoms with Crippen LogP contribution in [-0.2, 0) is 11.4 Å². The van der Waals surface area contributed by atoms with Crippen LogP contribution < -0.4 is 5.48 Å². The monoisotopic (exact) mass is 197 g/mol. The zero-order chi connectivity index (χ0) is 10.6. The minimum atomic E-state index is -0.367. The second-order valence-corrected chi connectivity index (χ2v) is 2.94. The third kappa shape index (κ3) is 2.37. The molecule has 0 bridgehead atoms. The lowest BCUT2D eigenvalue weighted by atomic mass is 10.1. The molecule has 3 nitrogen and oxygen atoms in total. The fourth-order valence-corrected chi connectivity index (χ4v) is 1.17. The van der Waals surface area contributed by atoms with Gasteiger partial charge in [0.2, 0.25) is 0 Å². The Hall–Kier alpha value is -1.26. The van der Waals surface area contributed by atoms with Gasteiger partial charge in [0.15, 0.2) is 0 Å². The molecule has 0 heterocycles. The Kier molecular flexibility index (Phi) is 3.73. The first-order chi connectivity index (χ1) is 6.69. The Morgan fingerprint density at radius 1 is 1.57 bits per heavy atom. The van der Waals surface area contributed by atoms with Gasteiger partial charge in [-0.25, -0.2) is 4.39 Å². The van der Waals surface area contributed by atoms with E-state index in [1.807, 2.05) is 0 Å². The van der Waals surface area contributed by atoms with Crippen molar-refractivity contribution in [2.24, 2.45) is 0 Å². The average molecular weight is 197 g/mol. The lowest BCUT2D eigenvalue weighted by molar-refractivity contribution is 0.0863. The van der Waals surface area contributed by atoms with E-state index in [0.29, 0.717) is 24.0 Å². The van der Waals surface area contributed by atoms with Crippen molar-refractivity contribution in [2.45, 2.75) is 13.5 Å². The Labute approximate surface area is 81.8 Å². The SMILES string of the molecule is CONCc1cc(C)c(F)cc1C=O. The predicted molar refractivity (Wildman–Crippen MR) is 50.4 cm³/mol. The number of carbonyl (C=O) groups excluding carboxylic acids is 1. The molecule has 1 N–H and O–H groups in total. The van der Waals surface area contributed by atoms with Crippen LogP contribution in [0.3, 0.4) is 0 Å². The van der Waals surface area contributed by atoms with E-state index in [0.717, 1.165) is 5.56 Å². The number of benzene rings is 1. The van der Waals surface area contributed by atoms with Crippen molar-refractivity contribution in [1.82, 2.24) is 5.48 Å². The van der Waals surface area contributed by atoms with Gasteiger partial charge in [0.05, 0.1) is 7.11 Å². The number of hydrogen-bond acceptors (Lipinski definition) is 3. The van der Waals surface area contributed by atoms with E-state index in [1.165, 1.54) is 13.2 Å². The number of carbonyl (C=O) groups is 1. The summed E-state index contributed by atoms with van der Waals surface area (Å²) in [6, 6.07) is 2.86. The molecule has 1 aromatic carbocycles. The van der Waals surface area contributed by atoms with Crippen LogP contribution in [0.25, 0.3) is 0 Å². The minimum Gasteiger partial charge on any atom is -0.305 e. The third-order valence-corrected chi connectivity index (χ3v) is 1.95. The molecule has 0 aromatic heterocycles. The molecule has 1 rings (SSSR count). The molecular formula is C10H12FNO2. The number of halogens is 1. The third-order valence-electron chi connectivity index (χ3n) is 1.95. The van der Waals surface area contributed by atoms with Crippen molar-refractivity contribution >= 4 is 6.29 Å². The molecule has 0 unspecified atom stereocenters. The highest BCUT2D eigenvalue weighted by molar-refractivity contribution is 5.77. The number of aryl methyl sites for hydroxylation is 1. The normalized spacial score (nSPS) is 10.2. The predicted octanol–water partition coefficient (Wildman–Crippen LogP) is 1.60. The number of hydrogen-bond donors (Lipinski definition) is 1. The van der Waals surface area contributed by atoms with Gasteiger partial charge in [-0.05, 0) is 24.1 Å². The summed E-state index contributed by atoms with van der Waals surface area (Å²) in [6.45, 7) is 2.03. The highest BCUT2D eigenvalue weighted by Gasteiger charge is 2.06. The molecule has 1 aromatic rings. The van der Waals surface area contributed by atoms with Gasteiger partial charge in [0.1, 0.15) is 12.1 Å². The summed E-state index contributed by atoms with van der Waals surface area (Å²) in [5.41, 5.74) is 4.19. The molecule has 0 atom stereocenters. The first-order valence-corrected chi connectivity index (χ1v) is 4.19. The highest BCUT2D eigenvalue weighted by Crippen LogP contribution is 2.13. The summed E-state index contributed by atoms with van der Waals surface area (Å²) in [7, 11) is 1.48. The molecule has 0 aliphatic carbocycles. The zero-order valence-electron chi connectivity index (χ0n) is 8.13. The van der Waals surface area contributed by atoms with Gasteiger partial charge in [-0.3, -0.25) is 4.79 Å². The second kappa shape index (κ2) is 4.83. The minimum absolute atomic E-state index is 0.345. The van der Waals surface area contributed by atoms with Gasteiger partial charge in [-0.1, -0.05) is 6.07 Å². The van der Waals surface area contributed by atoms with Gasteiger partial charge in [-0.2, -0.15) is 5.48 Å². The summed E-state index contributed by atoms with van der Waals surface area (Å²) >= 11 is 0. The van der Waals surface area contributed by atoms with Crippen LogP contribution in [-0.4, -0.2) is 13.4 Å². The lowest BCUT2D eigenvalue weighted by Gasteiger charge is -2.07. The Bertz CT molecular complexity index is 339.